The number of ether oxygens (including phenoxy) is 2. The highest BCUT2D eigenvalue weighted by Gasteiger charge is 2.59. The van der Waals surface area contributed by atoms with Crippen molar-refractivity contribution in [1.82, 2.24) is 0 Å². The van der Waals surface area contributed by atoms with Crippen LogP contribution in [0.5, 0.6) is 0 Å². The Morgan fingerprint density at radius 3 is 2.56 bits per heavy atom. The molecule has 0 N–H and O–H groups in total. The number of rotatable bonds is 6. The quantitative estimate of drug-likeness (QED) is 0.306. The lowest BCUT2D eigenvalue weighted by atomic mass is 9.47. The van der Waals surface area contributed by atoms with Crippen molar-refractivity contribution in [2.45, 2.75) is 111 Å². The Kier molecular flexibility index (Phi) is 7.04. The van der Waals surface area contributed by atoms with E-state index >= 15 is 0 Å². The largest absolute Gasteiger partial charge is 0.508 e. The summed E-state index contributed by atoms with van der Waals surface area (Å²) in [6.07, 6.45) is 16.2. The Hall–Kier alpha value is -0.990. The van der Waals surface area contributed by atoms with E-state index < -0.39 is 6.16 Å². The fourth-order valence-corrected chi connectivity index (χ4v) is 8.94. The Balaban J connectivity index is 1.45. The molecule has 0 spiro atoms. The van der Waals surface area contributed by atoms with Crippen LogP contribution in [-0.4, -0.2) is 19.4 Å². The van der Waals surface area contributed by atoms with Crippen LogP contribution in [0.25, 0.3) is 0 Å². The van der Waals surface area contributed by atoms with E-state index in [0.29, 0.717) is 10.8 Å². The SMILES string of the molecule is COC(=O)O[C@H]1CC[C@@]2(C)C(=CC[C@H]3[C@@H]4CC[C@H]([C@H](C)CCCC(C)C)[C@@]4(C)CC[C@@H]32)C1. The third-order valence-electron chi connectivity index (χ3n) is 10.7. The molecule has 3 saturated carbocycles. The predicted octanol–water partition coefficient (Wildman–Crippen LogP) is 8.18. The summed E-state index contributed by atoms with van der Waals surface area (Å²) in [7, 11) is 1.40. The molecule has 182 valence electrons. The number of methoxy groups -OCH3 is 1. The van der Waals surface area contributed by atoms with E-state index in [0.717, 1.165) is 54.8 Å². The molecule has 4 aliphatic carbocycles. The standard InChI is InChI=1S/C29H48O3/c1-19(2)8-7-9-20(3)24-12-13-25-23-11-10-21-18-22(32-27(30)31-6)14-16-28(21,4)26(23)15-17-29(24,25)5/h10,19-20,22-26H,7-9,11-18H2,1-6H3/t20-,22+,23+,24-,25+,26+,28+,29-/m1/s1. The van der Waals surface area contributed by atoms with Crippen molar-refractivity contribution in [3.63, 3.8) is 0 Å². The Labute approximate surface area is 197 Å². The summed E-state index contributed by atoms with van der Waals surface area (Å²) in [6.45, 7) is 12.5. The van der Waals surface area contributed by atoms with Gasteiger partial charge in [0.05, 0.1) is 7.11 Å². The number of fused-ring (bicyclic) bond motifs is 5. The summed E-state index contributed by atoms with van der Waals surface area (Å²) >= 11 is 0. The van der Waals surface area contributed by atoms with E-state index in [4.69, 9.17) is 9.47 Å². The van der Waals surface area contributed by atoms with Gasteiger partial charge in [-0.15, -0.1) is 0 Å². The molecular formula is C29H48O3. The molecule has 0 radical (unpaired) electrons. The van der Waals surface area contributed by atoms with Crippen LogP contribution >= 0.6 is 0 Å². The van der Waals surface area contributed by atoms with Crippen LogP contribution in [0.15, 0.2) is 11.6 Å². The third-order valence-corrected chi connectivity index (χ3v) is 10.7. The number of allylic oxidation sites excluding steroid dienone is 1. The molecule has 0 aromatic carbocycles. The molecular weight excluding hydrogens is 396 g/mol. The molecule has 0 aromatic heterocycles. The van der Waals surface area contributed by atoms with E-state index in [2.05, 4.69) is 40.7 Å². The maximum Gasteiger partial charge on any atom is 0.508 e. The van der Waals surface area contributed by atoms with Crippen molar-refractivity contribution < 1.29 is 14.3 Å². The van der Waals surface area contributed by atoms with Crippen LogP contribution in [0.1, 0.15) is 105 Å². The molecule has 0 amide bonds. The van der Waals surface area contributed by atoms with Crippen molar-refractivity contribution in [2.75, 3.05) is 7.11 Å². The first-order valence-corrected chi connectivity index (χ1v) is 13.6. The van der Waals surface area contributed by atoms with E-state index in [9.17, 15) is 4.79 Å². The zero-order chi connectivity index (χ0) is 23.1. The van der Waals surface area contributed by atoms with Crippen molar-refractivity contribution in [2.24, 2.45) is 46.3 Å². The maximum absolute atomic E-state index is 11.6. The van der Waals surface area contributed by atoms with Crippen LogP contribution in [0.4, 0.5) is 4.79 Å². The minimum atomic E-state index is -0.527. The van der Waals surface area contributed by atoms with Gasteiger partial charge in [-0.25, -0.2) is 4.79 Å². The van der Waals surface area contributed by atoms with Crippen molar-refractivity contribution in [3.8, 4) is 0 Å². The van der Waals surface area contributed by atoms with Gasteiger partial charge in [0.2, 0.25) is 0 Å². The summed E-state index contributed by atoms with van der Waals surface area (Å²) in [4.78, 5) is 11.6. The van der Waals surface area contributed by atoms with Crippen molar-refractivity contribution in [1.29, 1.82) is 0 Å². The zero-order valence-electron chi connectivity index (χ0n) is 21.6. The first kappa shape index (κ1) is 24.1. The van der Waals surface area contributed by atoms with Crippen LogP contribution in [0.2, 0.25) is 0 Å². The Morgan fingerprint density at radius 1 is 1.06 bits per heavy atom. The second-order valence-electron chi connectivity index (χ2n) is 12.7. The Morgan fingerprint density at radius 2 is 1.84 bits per heavy atom. The van der Waals surface area contributed by atoms with Gasteiger partial charge in [-0.1, -0.05) is 65.5 Å². The lowest BCUT2D eigenvalue weighted by Gasteiger charge is -2.58. The van der Waals surface area contributed by atoms with Gasteiger partial charge >= 0.3 is 6.16 Å². The van der Waals surface area contributed by atoms with Gasteiger partial charge in [0.25, 0.3) is 0 Å². The van der Waals surface area contributed by atoms with E-state index in [-0.39, 0.29) is 6.10 Å². The summed E-state index contributed by atoms with van der Waals surface area (Å²) in [5.74, 6) is 5.20. The molecule has 3 heteroatoms. The molecule has 4 aliphatic rings. The van der Waals surface area contributed by atoms with Crippen molar-refractivity contribution >= 4 is 6.16 Å². The normalized spacial score (nSPS) is 41.8. The molecule has 8 atom stereocenters. The van der Waals surface area contributed by atoms with Gasteiger partial charge in [0, 0.05) is 6.42 Å². The van der Waals surface area contributed by atoms with Crippen LogP contribution in [0, 0.1) is 46.3 Å². The average Bonchev–Trinajstić information content (AvgIpc) is 3.11. The Bertz CT molecular complexity index is 711. The smallest absolute Gasteiger partial charge is 0.438 e. The monoisotopic (exact) mass is 444 g/mol. The van der Waals surface area contributed by atoms with Crippen LogP contribution in [-0.2, 0) is 9.47 Å². The highest BCUT2D eigenvalue weighted by Crippen LogP contribution is 2.67. The first-order valence-electron chi connectivity index (χ1n) is 13.6. The second-order valence-corrected chi connectivity index (χ2v) is 12.7. The van der Waals surface area contributed by atoms with Gasteiger partial charge < -0.3 is 9.47 Å². The predicted molar refractivity (Wildman–Crippen MR) is 130 cm³/mol. The third kappa shape index (κ3) is 4.27. The first-order chi connectivity index (χ1) is 15.2. The molecule has 0 bridgehead atoms. The average molecular weight is 445 g/mol. The molecule has 0 heterocycles. The van der Waals surface area contributed by atoms with Gasteiger partial charge in [0.1, 0.15) is 6.10 Å². The molecule has 0 saturated heterocycles. The van der Waals surface area contributed by atoms with Crippen LogP contribution < -0.4 is 0 Å². The lowest BCUT2D eigenvalue weighted by molar-refractivity contribution is -0.0608. The topological polar surface area (TPSA) is 35.5 Å². The summed E-state index contributed by atoms with van der Waals surface area (Å²) in [6, 6.07) is 0. The molecule has 4 rings (SSSR count). The zero-order valence-corrected chi connectivity index (χ0v) is 21.6. The minimum Gasteiger partial charge on any atom is -0.438 e. The number of hydrogen-bond donors (Lipinski definition) is 0. The summed E-state index contributed by atoms with van der Waals surface area (Å²) in [5.41, 5.74) is 2.42. The van der Waals surface area contributed by atoms with Crippen LogP contribution in [0.3, 0.4) is 0 Å². The number of hydrogen-bond acceptors (Lipinski definition) is 3. The fraction of sp³-hybridized carbons (Fsp3) is 0.897. The van der Waals surface area contributed by atoms with Crippen molar-refractivity contribution in [3.05, 3.63) is 11.6 Å². The van der Waals surface area contributed by atoms with Gasteiger partial charge in [-0.3, -0.25) is 0 Å². The molecule has 3 fully saturated rings. The molecule has 0 aromatic rings. The van der Waals surface area contributed by atoms with Gasteiger partial charge in [0.15, 0.2) is 0 Å². The lowest BCUT2D eigenvalue weighted by Crippen LogP contribution is -2.51. The summed E-state index contributed by atoms with van der Waals surface area (Å²) < 4.78 is 10.3. The fourth-order valence-electron chi connectivity index (χ4n) is 8.94. The molecule has 0 unspecified atom stereocenters. The van der Waals surface area contributed by atoms with Gasteiger partial charge in [-0.2, -0.15) is 0 Å². The number of carbonyl (C=O) groups excluding carboxylic acids is 1. The molecule has 3 nitrogen and oxygen atoms in total. The minimum absolute atomic E-state index is 0.00488. The highest BCUT2D eigenvalue weighted by atomic mass is 16.7. The molecule has 32 heavy (non-hydrogen) atoms. The number of carbonyl (C=O) groups is 1. The maximum atomic E-state index is 11.6. The van der Waals surface area contributed by atoms with E-state index in [1.54, 1.807) is 5.57 Å². The van der Waals surface area contributed by atoms with Gasteiger partial charge in [-0.05, 0) is 91.3 Å². The second kappa shape index (κ2) is 9.34. The molecule has 0 aliphatic heterocycles. The van der Waals surface area contributed by atoms with E-state index in [1.165, 1.54) is 58.5 Å². The summed E-state index contributed by atoms with van der Waals surface area (Å²) in [5, 5.41) is 0. The highest BCUT2D eigenvalue weighted by molar-refractivity contribution is 5.59. The van der Waals surface area contributed by atoms with E-state index in [1.807, 2.05) is 0 Å².